The summed E-state index contributed by atoms with van der Waals surface area (Å²) in [5.41, 5.74) is 4.97. The number of aryl methyl sites for hydroxylation is 3. The lowest BCUT2D eigenvalue weighted by molar-refractivity contribution is 0.0887. The van der Waals surface area contributed by atoms with Gasteiger partial charge in [-0.15, -0.1) is 0 Å². The third kappa shape index (κ3) is 8.57. The summed E-state index contributed by atoms with van der Waals surface area (Å²) in [5.74, 6) is -0.650. The number of nitrogens with zero attached hydrogens (tertiary/aromatic N) is 4. The number of carbonyl (C=O) groups is 2. The van der Waals surface area contributed by atoms with Crippen LogP contribution in [0.25, 0.3) is 11.1 Å². The van der Waals surface area contributed by atoms with Gasteiger partial charge in [-0.05, 0) is 105 Å². The lowest BCUT2D eigenvalue weighted by Crippen LogP contribution is -2.44. The molecule has 7 rings (SSSR count). The quantitative estimate of drug-likeness (QED) is 0.191. The zero-order valence-corrected chi connectivity index (χ0v) is 28.5. The second-order valence-electron chi connectivity index (χ2n) is 13.7. The van der Waals surface area contributed by atoms with Crippen LogP contribution in [0.1, 0.15) is 77.0 Å². The second kappa shape index (κ2) is 15.9. The Hall–Kier alpha value is -4.61. The van der Waals surface area contributed by atoms with E-state index in [4.69, 9.17) is 4.74 Å². The average molecular weight is 680 g/mol. The van der Waals surface area contributed by atoms with Gasteiger partial charge in [-0.3, -0.25) is 14.3 Å². The van der Waals surface area contributed by atoms with Crippen LogP contribution >= 0.6 is 0 Å². The summed E-state index contributed by atoms with van der Waals surface area (Å²) < 4.78 is 22.4. The van der Waals surface area contributed by atoms with E-state index in [1.807, 2.05) is 28.9 Å². The monoisotopic (exact) mass is 679 g/mol. The van der Waals surface area contributed by atoms with E-state index in [0.717, 1.165) is 107 Å². The van der Waals surface area contributed by atoms with Crippen molar-refractivity contribution in [2.45, 2.75) is 76.4 Å². The van der Waals surface area contributed by atoms with Crippen LogP contribution in [-0.2, 0) is 19.4 Å². The van der Waals surface area contributed by atoms with E-state index in [1.54, 1.807) is 6.07 Å². The number of amides is 2. The van der Waals surface area contributed by atoms with Crippen molar-refractivity contribution >= 4 is 11.8 Å². The first-order valence-corrected chi connectivity index (χ1v) is 18.1. The Morgan fingerprint density at radius 2 is 1.64 bits per heavy atom. The predicted molar refractivity (Wildman–Crippen MR) is 190 cm³/mol. The number of rotatable bonds is 11. The van der Waals surface area contributed by atoms with Crippen LogP contribution < -0.4 is 20.7 Å². The highest BCUT2D eigenvalue weighted by molar-refractivity contribution is 5.96. The fourth-order valence-corrected chi connectivity index (χ4v) is 7.26. The number of nitrogens with one attached hydrogen (secondary N) is 3. The van der Waals surface area contributed by atoms with Crippen LogP contribution in [0.2, 0.25) is 0 Å². The maximum absolute atomic E-state index is 14.4. The van der Waals surface area contributed by atoms with Crippen molar-refractivity contribution in [2.75, 3.05) is 32.7 Å². The van der Waals surface area contributed by atoms with Crippen molar-refractivity contribution in [3.05, 3.63) is 95.2 Å². The number of carbonyl (C=O) groups excluding carboxylic acids is 2. The molecule has 2 aromatic carbocycles. The van der Waals surface area contributed by atoms with Gasteiger partial charge >= 0.3 is 0 Å². The molecule has 2 amide bonds. The van der Waals surface area contributed by atoms with E-state index in [1.165, 1.54) is 11.6 Å². The molecule has 1 aliphatic carbocycles. The Kier molecular flexibility index (Phi) is 10.8. The van der Waals surface area contributed by atoms with Crippen LogP contribution in [-0.4, -0.2) is 76.3 Å². The number of halogens is 1. The van der Waals surface area contributed by atoms with Crippen LogP contribution in [0.5, 0.6) is 11.6 Å². The summed E-state index contributed by atoms with van der Waals surface area (Å²) in [6, 6.07) is 19.2. The molecule has 2 aromatic heterocycles. The molecule has 0 unspecified atom stereocenters. The minimum absolute atomic E-state index is 0.00925. The Bertz CT molecular complexity index is 1760. The molecule has 11 heteroatoms. The first-order chi connectivity index (χ1) is 24.5. The maximum Gasteiger partial charge on any atom is 0.272 e. The van der Waals surface area contributed by atoms with E-state index < -0.39 is 11.7 Å². The van der Waals surface area contributed by atoms with E-state index >= 15 is 0 Å². The fraction of sp³-hybridized carbons (Fsp3) is 0.436. The number of piperazine rings is 1. The Balaban J connectivity index is 0.923. The van der Waals surface area contributed by atoms with Gasteiger partial charge < -0.3 is 25.6 Å². The number of ether oxygens (including phenoxy) is 1. The number of hydrogen-bond donors (Lipinski definition) is 3. The van der Waals surface area contributed by atoms with Gasteiger partial charge in [-0.1, -0.05) is 36.4 Å². The highest BCUT2D eigenvalue weighted by Gasteiger charge is 2.27. The molecular formula is C39H46FN7O3. The normalized spacial score (nSPS) is 19.4. The van der Waals surface area contributed by atoms with Crippen molar-refractivity contribution in [1.82, 2.24) is 35.6 Å². The number of hydrogen-bond acceptors (Lipinski definition) is 7. The van der Waals surface area contributed by atoms with Gasteiger partial charge in [-0.2, -0.15) is 5.10 Å². The standard InChI is InChI=1S/C39H46FN7O3/c40-30-24-35(37(48)43-31-13-15-32(16-14-31)44-38(49)36-25-33-7-1-2-20-47(33)45-36)39(42-26-30)50-34-8-3-6-29(23-34)28-11-9-27(10-12-28)5-4-19-46-21-17-41-18-22-46/h3,6,8-12,23-26,31-32,41H,1-2,4-5,7,13-22H2,(H,43,48)(H,44,49). The number of benzene rings is 2. The van der Waals surface area contributed by atoms with Crippen LogP contribution in [0.15, 0.2) is 66.9 Å². The molecule has 0 radical (unpaired) electrons. The molecule has 50 heavy (non-hydrogen) atoms. The molecule has 1 saturated heterocycles. The van der Waals surface area contributed by atoms with Crippen LogP contribution in [0.4, 0.5) is 4.39 Å². The Morgan fingerprint density at radius 1 is 0.880 bits per heavy atom. The van der Waals surface area contributed by atoms with Gasteiger partial charge in [0.1, 0.15) is 22.8 Å². The summed E-state index contributed by atoms with van der Waals surface area (Å²) in [7, 11) is 0. The first kappa shape index (κ1) is 33.9. The third-order valence-corrected chi connectivity index (χ3v) is 10.1. The van der Waals surface area contributed by atoms with Crippen LogP contribution in [0, 0.1) is 5.82 Å². The zero-order valence-electron chi connectivity index (χ0n) is 28.5. The molecule has 2 fully saturated rings. The first-order valence-electron chi connectivity index (χ1n) is 18.1. The zero-order chi connectivity index (χ0) is 34.3. The van der Waals surface area contributed by atoms with Gasteiger partial charge in [0, 0.05) is 50.5 Å². The maximum atomic E-state index is 14.4. The number of fused-ring (bicyclic) bond motifs is 1. The second-order valence-corrected chi connectivity index (χ2v) is 13.7. The molecule has 3 N–H and O–H groups in total. The van der Waals surface area contributed by atoms with E-state index in [2.05, 4.69) is 55.2 Å². The van der Waals surface area contributed by atoms with Gasteiger partial charge in [0.05, 0.1) is 6.20 Å². The highest BCUT2D eigenvalue weighted by atomic mass is 19.1. The lowest BCUT2D eigenvalue weighted by Gasteiger charge is -2.29. The molecule has 4 aromatic rings. The van der Waals surface area contributed by atoms with E-state index in [9.17, 15) is 14.0 Å². The van der Waals surface area contributed by atoms with Crippen molar-refractivity contribution in [3.8, 4) is 22.8 Å². The van der Waals surface area contributed by atoms with Crippen molar-refractivity contribution in [1.29, 1.82) is 0 Å². The molecule has 0 atom stereocenters. The lowest BCUT2D eigenvalue weighted by atomic mass is 9.91. The summed E-state index contributed by atoms with van der Waals surface area (Å²) in [5, 5.41) is 14.1. The molecule has 2 aliphatic heterocycles. The average Bonchev–Trinajstić information content (AvgIpc) is 3.59. The summed E-state index contributed by atoms with van der Waals surface area (Å²) in [6.07, 6.45) is 9.22. The van der Waals surface area contributed by atoms with E-state index in [-0.39, 0.29) is 29.4 Å². The topological polar surface area (TPSA) is 113 Å². The van der Waals surface area contributed by atoms with Gasteiger partial charge in [0.15, 0.2) is 0 Å². The Morgan fingerprint density at radius 3 is 2.40 bits per heavy atom. The van der Waals surface area contributed by atoms with Crippen molar-refractivity contribution < 1.29 is 18.7 Å². The minimum atomic E-state index is -0.614. The smallest absolute Gasteiger partial charge is 0.272 e. The molecule has 3 aliphatic rings. The molecule has 4 heterocycles. The summed E-state index contributed by atoms with van der Waals surface area (Å²) >= 11 is 0. The molecular weight excluding hydrogens is 633 g/mol. The highest BCUT2D eigenvalue weighted by Crippen LogP contribution is 2.29. The molecule has 10 nitrogen and oxygen atoms in total. The summed E-state index contributed by atoms with van der Waals surface area (Å²) in [4.78, 5) is 33.0. The van der Waals surface area contributed by atoms with E-state index in [0.29, 0.717) is 24.3 Å². The fourth-order valence-electron chi connectivity index (χ4n) is 7.26. The molecule has 0 spiro atoms. The SMILES string of the molecule is O=C(NC1CCC(NC(=O)c2cc(F)cnc2Oc2cccc(-c3ccc(CCCN4CCNCC4)cc3)c2)CC1)c1cc2n(n1)CCCC2. The largest absolute Gasteiger partial charge is 0.438 e. The molecule has 0 bridgehead atoms. The number of aromatic nitrogens is 3. The number of pyridine rings is 1. The Labute approximate surface area is 292 Å². The minimum Gasteiger partial charge on any atom is -0.438 e. The van der Waals surface area contributed by atoms with Gasteiger partial charge in [-0.25, -0.2) is 9.37 Å². The van der Waals surface area contributed by atoms with Gasteiger partial charge in [0.25, 0.3) is 11.8 Å². The van der Waals surface area contributed by atoms with Crippen molar-refractivity contribution in [2.24, 2.45) is 0 Å². The third-order valence-electron chi connectivity index (χ3n) is 10.1. The molecule has 262 valence electrons. The van der Waals surface area contributed by atoms with Crippen LogP contribution in [0.3, 0.4) is 0 Å². The molecule has 1 saturated carbocycles. The van der Waals surface area contributed by atoms with Gasteiger partial charge in [0.2, 0.25) is 5.88 Å². The summed E-state index contributed by atoms with van der Waals surface area (Å²) in [6.45, 7) is 6.37. The van der Waals surface area contributed by atoms with Crippen molar-refractivity contribution in [3.63, 3.8) is 0 Å². The predicted octanol–water partition coefficient (Wildman–Crippen LogP) is 5.52.